The van der Waals surface area contributed by atoms with Gasteiger partial charge in [-0.25, -0.2) is 13.4 Å². The minimum absolute atomic E-state index is 0.226. The Morgan fingerprint density at radius 3 is 2.33 bits per heavy atom. The third-order valence-electron chi connectivity index (χ3n) is 4.80. The highest BCUT2D eigenvalue weighted by atomic mass is 32.2. The summed E-state index contributed by atoms with van der Waals surface area (Å²) in [5, 5.41) is 4.25. The highest BCUT2D eigenvalue weighted by molar-refractivity contribution is 7.89. The summed E-state index contributed by atoms with van der Waals surface area (Å²) in [5.41, 5.74) is 7.48. The fourth-order valence-corrected chi connectivity index (χ4v) is 4.87. The molecule has 1 aromatic carbocycles. The van der Waals surface area contributed by atoms with E-state index in [1.807, 2.05) is 0 Å². The summed E-state index contributed by atoms with van der Waals surface area (Å²) < 4.78 is 26.8. The largest absolute Gasteiger partial charge is 0.261 e. The lowest BCUT2D eigenvalue weighted by atomic mass is 10.0. The topological polar surface area (TPSA) is 74.7 Å². The lowest BCUT2D eigenvalue weighted by Gasteiger charge is -2.25. The number of aryl methyl sites for hydroxylation is 3. The number of piperidine rings is 1. The van der Waals surface area contributed by atoms with E-state index in [2.05, 4.69) is 48.4 Å². The molecular weight excluding hydrogens is 360 g/mol. The lowest BCUT2D eigenvalue weighted by Crippen LogP contribution is -2.35. The van der Waals surface area contributed by atoms with Gasteiger partial charge in [0.15, 0.2) is 0 Å². The Kier molecular flexibility index (Phi) is 5.92. The van der Waals surface area contributed by atoms with Gasteiger partial charge in [0.1, 0.15) is 10.7 Å². The van der Waals surface area contributed by atoms with E-state index in [1.165, 1.54) is 11.8 Å². The number of anilines is 1. The molecule has 0 amide bonds. The van der Waals surface area contributed by atoms with Crippen molar-refractivity contribution in [2.75, 3.05) is 18.5 Å². The van der Waals surface area contributed by atoms with Crippen LogP contribution in [0.4, 0.5) is 5.82 Å². The van der Waals surface area contributed by atoms with Crippen molar-refractivity contribution in [1.82, 2.24) is 9.29 Å². The van der Waals surface area contributed by atoms with Crippen LogP contribution in [0.2, 0.25) is 0 Å². The Morgan fingerprint density at radius 2 is 1.74 bits per heavy atom. The van der Waals surface area contributed by atoms with Crippen molar-refractivity contribution in [1.29, 1.82) is 0 Å². The molecular formula is C20H26N4O2S. The molecule has 1 aliphatic rings. The Balaban J connectivity index is 1.69. The fraction of sp³-hybridized carbons (Fsp3) is 0.400. The van der Waals surface area contributed by atoms with Crippen LogP contribution < -0.4 is 5.43 Å². The van der Waals surface area contributed by atoms with Crippen molar-refractivity contribution in [2.45, 2.75) is 44.9 Å². The monoisotopic (exact) mass is 386 g/mol. The Labute approximate surface area is 161 Å². The summed E-state index contributed by atoms with van der Waals surface area (Å²) in [7, 11) is -3.45. The fourth-order valence-electron chi connectivity index (χ4n) is 3.41. The number of benzene rings is 1. The maximum absolute atomic E-state index is 12.6. The highest BCUT2D eigenvalue weighted by Gasteiger charge is 2.26. The zero-order valence-electron chi connectivity index (χ0n) is 16.1. The molecule has 0 unspecified atom stereocenters. The van der Waals surface area contributed by atoms with E-state index in [9.17, 15) is 8.42 Å². The van der Waals surface area contributed by atoms with E-state index < -0.39 is 10.0 Å². The summed E-state index contributed by atoms with van der Waals surface area (Å²) in [6.07, 6.45) is 6.08. The van der Waals surface area contributed by atoms with Crippen LogP contribution in [0.15, 0.2) is 40.5 Å². The molecule has 0 radical (unpaired) electrons. The smallest absolute Gasteiger partial charge is 0.244 e. The van der Waals surface area contributed by atoms with Gasteiger partial charge in [-0.3, -0.25) is 5.43 Å². The number of hydrogen-bond acceptors (Lipinski definition) is 5. The summed E-state index contributed by atoms with van der Waals surface area (Å²) in [5.74, 6) is 0.506. The van der Waals surface area contributed by atoms with Crippen LogP contribution >= 0.6 is 0 Å². The molecule has 3 rings (SSSR count). The van der Waals surface area contributed by atoms with Gasteiger partial charge in [0.25, 0.3) is 0 Å². The van der Waals surface area contributed by atoms with Gasteiger partial charge in [0.2, 0.25) is 10.0 Å². The maximum Gasteiger partial charge on any atom is 0.244 e. The molecule has 27 heavy (non-hydrogen) atoms. The van der Waals surface area contributed by atoms with Gasteiger partial charge in [-0.05, 0) is 56.9 Å². The Hall–Kier alpha value is -2.25. The first-order valence-electron chi connectivity index (χ1n) is 9.21. The second-order valence-corrected chi connectivity index (χ2v) is 8.96. The van der Waals surface area contributed by atoms with Crippen molar-refractivity contribution < 1.29 is 8.42 Å². The van der Waals surface area contributed by atoms with E-state index in [1.54, 1.807) is 22.7 Å². The van der Waals surface area contributed by atoms with Crippen LogP contribution in [0, 0.1) is 20.8 Å². The van der Waals surface area contributed by atoms with Crippen molar-refractivity contribution in [3.8, 4) is 0 Å². The molecule has 2 aromatic rings. The summed E-state index contributed by atoms with van der Waals surface area (Å²) >= 11 is 0. The second-order valence-electron chi connectivity index (χ2n) is 7.03. The number of hydrogen-bond donors (Lipinski definition) is 1. The third kappa shape index (κ3) is 4.54. The molecule has 0 spiro atoms. The number of nitrogens with one attached hydrogen (secondary N) is 1. The molecule has 6 nitrogen and oxygen atoms in total. The van der Waals surface area contributed by atoms with Crippen molar-refractivity contribution in [3.63, 3.8) is 0 Å². The number of rotatable bonds is 5. The minimum atomic E-state index is -3.45. The van der Waals surface area contributed by atoms with Crippen LogP contribution in [-0.2, 0) is 10.0 Å². The molecule has 1 saturated heterocycles. The maximum atomic E-state index is 12.6. The van der Waals surface area contributed by atoms with Crippen molar-refractivity contribution in [2.24, 2.45) is 5.10 Å². The first kappa shape index (κ1) is 19.5. The quantitative estimate of drug-likeness (QED) is 0.629. The van der Waals surface area contributed by atoms with E-state index in [0.29, 0.717) is 18.9 Å². The molecule has 7 heteroatoms. The van der Waals surface area contributed by atoms with Crippen molar-refractivity contribution >= 4 is 22.1 Å². The first-order valence-corrected chi connectivity index (χ1v) is 10.6. The van der Waals surface area contributed by atoms with E-state index in [-0.39, 0.29) is 4.90 Å². The Bertz CT molecular complexity index is 908. The minimum Gasteiger partial charge on any atom is -0.261 e. The van der Waals surface area contributed by atoms with Crippen LogP contribution in [-0.4, -0.2) is 37.0 Å². The summed E-state index contributed by atoms with van der Waals surface area (Å²) in [6.45, 7) is 7.35. The predicted molar refractivity (Wildman–Crippen MR) is 109 cm³/mol. The second kappa shape index (κ2) is 8.19. The van der Waals surface area contributed by atoms with E-state index in [0.717, 1.165) is 36.0 Å². The number of sulfonamides is 1. The van der Waals surface area contributed by atoms with Gasteiger partial charge in [0, 0.05) is 24.8 Å². The molecule has 0 atom stereocenters. The molecule has 0 bridgehead atoms. The molecule has 1 fully saturated rings. The molecule has 1 aromatic heterocycles. The summed E-state index contributed by atoms with van der Waals surface area (Å²) in [6, 6.07) is 7.46. The number of aromatic nitrogens is 1. The molecule has 0 aliphatic carbocycles. The average Bonchev–Trinajstić information content (AvgIpc) is 2.65. The van der Waals surface area contributed by atoms with Gasteiger partial charge in [0.05, 0.1) is 6.21 Å². The first-order chi connectivity index (χ1) is 12.9. The van der Waals surface area contributed by atoms with E-state index in [4.69, 9.17) is 0 Å². The van der Waals surface area contributed by atoms with Crippen LogP contribution in [0.3, 0.4) is 0 Å². The lowest BCUT2D eigenvalue weighted by molar-refractivity contribution is 0.346. The van der Waals surface area contributed by atoms with Crippen molar-refractivity contribution in [3.05, 3.63) is 52.7 Å². The standard InChI is InChI=1S/C20H26N4O2S/c1-15-11-16(2)19(17(3)12-15)14-22-23-20-8-7-18(13-21-20)27(25,26)24-9-5-4-6-10-24/h7-8,11-14H,4-6,9-10H2,1-3H3,(H,21,23)/b22-14-. The molecule has 2 heterocycles. The van der Waals surface area contributed by atoms with Crippen LogP contribution in [0.25, 0.3) is 0 Å². The molecule has 144 valence electrons. The SMILES string of the molecule is Cc1cc(C)c(/C=N\Nc2ccc(S(=O)(=O)N3CCCCC3)cn2)c(C)c1. The van der Waals surface area contributed by atoms with Crippen LogP contribution in [0.5, 0.6) is 0 Å². The zero-order valence-corrected chi connectivity index (χ0v) is 16.9. The van der Waals surface area contributed by atoms with Gasteiger partial charge < -0.3 is 0 Å². The number of hydrazone groups is 1. The zero-order chi connectivity index (χ0) is 19.4. The Morgan fingerprint density at radius 1 is 1.07 bits per heavy atom. The van der Waals surface area contributed by atoms with Gasteiger partial charge >= 0.3 is 0 Å². The van der Waals surface area contributed by atoms with Gasteiger partial charge in [-0.15, -0.1) is 0 Å². The predicted octanol–water partition coefficient (Wildman–Crippen LogP) is 3.63. The molecule has 0 saturated carbocycles. The highest BCUT2D eigenvalue weighted by Crippen LogP contribution is 2.21. The summed E-state index contributed by atoms with van der Waals surface area (Å²) in [4.78, 5) is 4.43. The normalized spacial score (nSPS) is 16.0. The number of pyridine rings is 1. The van der Waals surface area contributed by atoms with Crippen LogP contribution in [0.1, 0.15) is 41.5 Å². The van der Waals surface area contributed by atoms with Gasteiger partial charge in [-0.1, -0.05) is 24.1 Å². The average molecular weight is 387 g/mol. The molecule has 1 N–H and O–H groups in total. The van der Waals surface area contributed by atoms with E-state index >= 15 is 0 Å². The molecule has 1 aliphatic heterocycles. The number of nitrogens with zero attached hydrogens (tertiary/aromatic N) is 3. The van der Waals surface area contributed by atoms with Gasteiger partial charge in [-0.2, -0.15) is 9.41 Å². The third-order valence-corrected chi connectivity index (χ3v) is 6.68.